The Labute approximate surface area is 308 Å². The summed E-state index contributed by atoms with van der Waals surface area (Å²) in [6, 6.07) is 10.9. The van der Waals surface area contributed by atoms with Gasteiger partial charge in [0.25, 0.3) is 0 Å². The Balaban J connectivity index is 1.51. The molecule has 0 saturated carbocycles. The number of fused-ring (bicyclic) bond motifs is 2. The summed E-state index contributed by atoms with van der Waals surface area (Å²) in [5.74, 6) is -0.478. The van der Waals surface area contributed by atoms with Gasteiger partial charge < -0.3 is 29.3 Å². The third-order valence-corrected chi connectivity index (χ3v) is 8.95. The van der Waals surface area contributed by atoms with Gasteiger partial charge in [0, 0.05) is 43.3 Å². The molecule has 2 unspecified atom stereocenters. The fraction of sp³-hybridized carbons (Fsp3) is 0.500. The molecule has 53 heavy (non-hydrogen) atoms. The molecule has 6 rings (SSSR count). The Hall–Kier alpha value is -5.20. The van der Waals surface area contributed by atoms with E-state index in [9.17, 15) is 14.9 Å². The van der Waals surface area contributed by atoms with Crippen LogP contribution in [0.5, 0.6) is 6.01 Å². The zero-order valence-corrected chi connectivity index (χ0v) is 31.3. The molecule has 14 nitrogen and oxygen atoms in total. The maximum absolute atomic E-state index is 17.2. The SMILES string of the molecule is CN1CCCC1COc1nc(N2CCNC(CC#N)C2)c2cnc(-c3nc(N(C(=O)OC(C)(C)C)C(=O)OC(C)(C)C)cc4ccccc34)c(F)c2n1. The normalized spacial score (nSPS) is 18.2. The van der Waals surface area contributed by atoms with E-state index in [0.29, 0.717) is 59.5 Å². The number of imide groups is 1. The van der Waals surface area contributed by atoms with E-state index in [-0.39, 0.29) is 40.8 Å². The summed E-state index contributed by atoms with van der Waals surface area (Å²) in [6.07, 6.45) is 1.80. The number of ether oxygens (including phenoxy) is 3. The molecule has 4 aromatic rings. The van der Waals surface area contributed by atoms with Crippen molar-refractivity contribution in [1.29, 1.82) is 5.26 Å². The molecule has 2 atom stereocenters. The molecule has 1 aromatic carbocycles. The van der Waals surface area contributed by atoms with Crippen LogP contribution in [-0.2, 0) is 9.47 Å². The average Bonchev–Trinajstić information content (AvgIpc) is 3.50. The van der Waals surface area contributed by atoms with Gasteiger partial charge in [-0.2, -0.15) is 20.1 Å². The molecule has 3 aromatic heterocycles. The number of aromatic nitrogens is 4. The summed E-state index contributed by atoms with van der Waals surface area (Å²) in [7, 11) is 2.04. The van der Waals surface area contributed by atoms with E-state index in [1.165, 1.54) is 6.20 Å². The highest BCUT2D eigenvalue weighted by molar-refractivity contribution is 6.10. The van der Waals surface area contributed by atoms with Gasteiger partial charge in [-0.15, -0.1) is 0 Å². The van der Waals surface area contributed by atoms with Crippen molar-refractivity contribution in [2.75, 3.05) is 49.6 Å². The molecule has 2 aliphatic heterocycles. The van der Waals surface area contributed by atoms with Gasteiger partial charge >= 0.3 is 18.2 Å². The number of carbonyl (C=O) groups excluding carboxylic acids is 2. The number of piperazine rings is 1. The number of likely N-dealkylation sites (N-methyl/N-ethyl adjacent to an activating group) is 1. The van der Waals surface area contributed by atoms with Crippen LogP contribution in [0.2, 0.25) is 0 Å². The Morgan fingerprint density at radius 2 is 1.74 bits per heavy atom. The van der Waals surface area contributed by atoms with Crippen LogP contribution in [0.3, 0.4) is 0 Å². The van der Waals surface area contributed by atoms with E-state index in [1.807, 2.05) is 11.9 Å². The van der Waals surface area contributed by atoms with Crippen LogP contribution in [0, 0.1) is 17.1 Å². The lowest BCUT2D eigenvalue weighted by Gasteiger charge is -2.34. The minimum Gasteiger partial charge on any atom is -0.462 e. The molecule has 2 aliphatic rings. The highest BCUT2D eigenvalue weighted by Gasteiger charge is 2.35. The molecule has 5 heterocycles. The summed E-state index contributed by atoms with van der Waals surface area (Å²) in [6.45, 7) is 13.0. The number of nitriles is 1. The fourth-order valence-corrected chi connectivity index (χ4v) is 6.47. The predicted molar refractivity (Wildman–Crippen MR) is 198 cm³/mol. The second kappa shape index (κ2) is 15.0. The number of rotatable bonds is 7. The fourth-order valence-electron chi connectivity index (χ4n) is 6.47. The molecule has 0 spiro atoms. The second-order valence-electron chi connectivity index (χ2n) is 15.4. The summed E-state index contributed by atoms with van der Waals surface area (Å²) < 4.78 is 34.5. The number of amides is 2. The summed E-state index contributed by atoms with van der Waals surface area (Å²) in [4.78, 5) is 50.7. The van der Waals surface area contributed by atoms with Gasteiger partial charge in [-0.05, 0) is 79.4 Å². The van der Waals surface area contributed by atoms with Crippen molar-refractivity contribution in [1.82, 2.24) is 30.2 Å². The van der Waals surface area contributed by atoms with Crippen LogP contribution in [0.25, 0.3) is 33.1 Å². The molecule has 0 aliphatic carbocycles. The zero-order valence-electron chi connectivity index (χ0n) is 31.3. The lowest BCUT2D eigenvalue weighted by molar-refractivity contribution is 0.0429. The lowest BCUT2D eigenvalue weighted by atomic mass is 10.1. The third-order valence-electron chi connectivity index (χ3n) is 8.95. The van der Waals surface area contributed by atoms with Crippen LogP contribution in [0.4, 0.5) is 25.6 Å². The van der Waals surface area contributed by atoms with Crippen LogP contribution in [0.15, 0.2) is 36.5 Å². The number of nitrogens with zero attached hydrogens (tertiary/aromatic N) is 8. The van der Waals surface area contributed by atoms with E-state index in [0.717, 1.165) is 19.4 Å². The predicted octanol–water partition coefficient (Wildman–Crippen LogP) is 6.22. The Kier molecular flexibility index (Phi) is 10.7. The van der Waals surface area contributed by atoms with E-state index < -0.39 is 29.2 Å². The van der Waals surface area contributed by atoms with Gasteiger partial charge in [0.15, 0.2) is 5.82 Å². The van der Waals surface area contributed by atoms with Crippen LogP contribution in [0.1, 0.15) is 60.8 Å². The Bertz CT molecular complexity index is 2030. The molecule has 0 radical (unpaired) electrons. The third kappa shape index (κ3) is 8.55. The van der Waals surface area contributed by atoms with Gasteiger partial charge in [-0.1, -0.05) is 24.3 Å². The number of hydrogen-bond donors (Lipinski definition) is 1. The first-order valence-corrected chi connectivity index (χ1v) is 17.8. The molecular formula is C38H46FN9O5. The van der Waals surface area contributed by atoms with Crippen molar-refractivity contribution >= 4 is 45.5 Å². The van der Waals surface area contributed by atoms with Crippen LogP contribution in [-0.4, -0.2) is 100 Å². The zero-order chi connectivity index (χ0) is 38.1. The van der Waals surface area contributed by atoms with Crippen molar-refractivity contribution in [3.8, 4) is 23.5 Å². The summed E-state index contributed by atoms with van der Waals surface area (Å²) in [5, 5.41) is 14.2. The number of likely N-dealkylation sites (tertiary alicyclic amines) is 1. The number of nitrogens with one attached hydrogen (secondary N) is 1. The molecule has 1 N–H and O–H groups in total. The molecule has 2 amide bonds. The minimum absolute atomic E-state index is 0.0202. The average molecular weight is 728 g/mol. The second-order valence-corrected chi connectivity index (χ2v) is 15.4. The van der Waals surface area contributed by atoms with Gasteiger partial charge in [0.2, 0.25) is 0 Å². The maximum atomic E-state index is 17.2. The first-order valence-electron chi connectivity index (χ1n) is 17.8. The Morgan fingerprint density at radius 1 is 1.02 bits per heavy atom. The van der Waals surface area contributed by atoms with Crippen molar-refractivity contribution in [3.63, 3.8) is 0 Å². The molecule has 2 fully saturated rings. The lowest BCUT2D eigenvalue weighted by Crippen LogP contribution is -2.51. The van der Waals surface area contributed by atoms with Crippen LogP contribution < -0.4 is 19.9 Å². The quantitative estimate of drug-likeness (QED) is 0.229. The highest BCUT2D eigenvalue weighted by Crippen LogP contribution is 2.36. The number of halogens is 1. The topological polar surface area (TPSA) is 159 Å². The number of hydrogen-bond acceptors (Lipinski definition) is 13. The highest BCUT2D eigenvalue weighted by atomic mass is 19.1. The number of anilines is 2. The smallest absolute Gasteiger partial charge is 0.425 e. The largest absolute Gasteiger partial charge is 0.462 e. The van der Waals surface area contributed by atoms with Gasteiger partial charge in [-0.3, -0.25) is 4.98 Å². The monoisotopic (exact) mass is 727 g/mol. The standard InChI is InChI=1S/C38H46FN9O5/c1-37(2,3)52-35(49)48(36(50)53-38(4,5)6)28-19-23-11-8-9-13-26(23)31(43-28)32-29(39)30-27(20-42-32)33(47-18-16-41-24(21-47)14-15-40)45-34(44-30)51-22-25-12-10-17-46(25)7/h8-9,11,13,19-20,24-25,41H,10,12,14,16-18,21-22H2,1-7H3. The van der Waals surface area contributed by atoms with Gasteiger partial charge in [-0.25, -0.2) is 19.0 Å². The van der Waals surface area contributed by atoms with Crippen LogP contribution >= 0.6 is 0 Å². The van der Waals surface area contributed by atoms with Crippen molar-refractivity contribution < 1.29 is 28.2 Å². The number of carbonyl (C=O) groups is 2. The summed E-state index contributed by atoms with van der Waals surface area (Å²) >= 11 is 0. The Morgan fingerprint density at radius 3 is 2.40 bits per heavy atom. The first kappa shape index (κ1) is 37.6. The van der Waals surface area contributed by atoms with Gasteiger partial charge in [0.05, 0.1) is 17.9 Å². The first-order chi connectivity index (χ1) is 25.1. The molecule has 2 saturated heterocycles. The van der Waals surface area contributed by atoms with Crippen molar-refractivity contribution in [3.05, 3.63) is 42.3 Å². The molecule has 15 heteroatoms. The van der Waals surface area contributed by atoms with E-state index in [2.05, 4.69) is 26.3 Å². The molecule has 280 valence electrons. The summed E-state index contributed by atoms with van der Waals surface area (Å²) in [5.41, 5.74) is -2.02. The maximum Gasteiger partial charge on any atom is 0.425 e. The molecule has 0 bridgehead atoms. The van der Waals surface area contributed by atoms with Gasteiger partial charge in [0.1, 0.15) is 46.3 Å². The van der Waals surface area contributed by atoms with Crippen molar-refractivity contribution in [2.24, 2.45) is 0 Å². The van der Waals surface area contributed by atoms with Crippen molar-refractivity contribution in [2.45, 2.75) is 84.1 Å². The van der Waals surface area contributed by atoms with E-state index in [1.54, 1.807) is 71.9 Å². The number of pyridine rings is 2. The minimum atomic E-state index is -1.01. The van der Waals surface area contributed by atoms with E-state index in [4.69, 9.17) is 24.2 Å². The van der Waals surface area contributed by atoms with E-state index >= 15 is 4.39 Å². The number of benzene rings is 1. The molecular weight excluding hydrogens is 681 g/mol.